The Morgan fingerprint density at radius 2 is 2.33 bits per heavy atom. The summed E-state index contributed by atoms with van der Waals surface area (Å²) in [6, 6.07) is 1.81. The molecule has 4 heteroatoms. The van der Waals surface area contributed by atoms with Crippen molar-refractivity contribution in [2.24, 2.45) is 5.92 Å². The van der Waals surface area contributed by atoms with E-state index in [0.29, 0.717) is 11.6 Å². The Morgan fingerprint density at radius 1 is 1.53 bits per heavy atom. The summed E-state index contributed by atoms with van der Waals surface area (Å²) in [4.78, 5) is 11.3. The van der Waals surface area contributed by atoms with Crippen molar-refractivity contribution in [2.45, 2.75) is 26.2 Å². The summed E-state index contributed by atoms with van der Waals surface area (Å²) < 4.78 is 4.61. The number of methoxy groups -OCH3 is 1. The highest BCUT2D eigenvalue weighted by Crippen LogP contribution is 2.23. The van der Waals surface area contributed by atoms with Gasteiger partial charge in [0.25, 0.3) is 0 Å². The molecule has 0 N–H and O–H groups in total. The van der Waals surface area contributed by atoms with Crippen LogP contribution in [0.3, 0.4) is 0 Å². The Labute approximate surface area is 88.7 Å². The molecular weight excluding hydrogens is 192 g/mol. The third kappa shape index (κ3) is 1.98. The number of aryl methyl sites for hydroxylation is 1. The van der Waals surface area contributed by atoms with Crippen LogP contribution in [-0.2, 0) is 17.6 Å². The van der Waals surface area contributed by atoms with Gasteiger partial charge in [0.1, 0.15) is 0 Å². The highest BCUT2D eigenvalue weighted by Gasteiger charge is 2.19. The Bertz CT molecular complexity index is 390. The molecule has 1 aromatic rings. The van der Waals surface area contributed by atoms with Gasteiger partial charge in [-0.1, -0.05) is 6.92 Å². The maximum absolute atomic E-state index is 11.3. The van der Waals surface area contributed by atoms with E-state index in [4.69, 9.17) is 0 Å². The molecule has 1 heterocycles. The predicted molar refractivity (Wildman–Crippen MR) is 54.6 cm³/mol. The van der Waals surface area contributed by atoms with Crippen molar-refractivity contribution in [3.05, 3.63) is 23.0 Å². The lowest BCUT2D eigenvalue weighted by molar-refractivity contribution is 0.0592. The van der Waals surface area contributed by atoms with Crippen LogP contribution in [0.1, 0.15) is 35.1 Å². The van der Waals surface area contributed by atoms with Gasteiger partial charge in [0.05, 0.1) is 12.8 Å². The highest BCUT2D eigenvalue weighted by molar-refractivity contribution is 5.87. The normalized spacial score (nSPS) is 19.5. The van der Waals surface area contributed by atoms with Crippen molar-refractivity contribution < 1.29 is 9.53 Å². The Balaban J connectivity index is 2.32. The largest absolute Gasteiger partial charge is 0.464 e. The molecule has 15 heavy (non-hydrogen) atoms. The van der Waals surface area contributed by atoms with Crippen molar-refractivity contribution in [2.75, 3.05) is 7.11 Å². The summed E-state index contributed by atoms with van der Waals surface area (Å²) in [6.45, 7) is 2.21. The van der Waals surface area contributed by atoms with Gasteiger partial charge in [0.15, 0.2) is 5.69 Å². The van der Waals surface area contributed by atoms with E-state index in [0.717, 1.165) is 30.5 Å². The quantitative estimate of drug-likeness (QED) is 0.651. The topological polar surface area (TPSA) is 52.1 Å². The summed E-state index contributed by atoms with van der Waals surface area (Å²) in [5.74, 6) is 0.246. The molecule has 0 saturated heterocycles. The van der Waals surface area contributed by atoms with Gasteiger partial charge in [-0.25, -0.2) is 4.79 Å². The zero-order valence-electron chi connectivity index (χ0n) is 8.99. The minimum absolute atomic E-state index is 0.311. The molecule has 0 saturated carbocycles. The van der Waals surface area contributed by atoms with Crippen molar-refractivity contribution >= 4 is 5.97 Å². The van der Waals surface area contributed by atoms with Gasteiger partial charge < -0.3 is 4.74 Å². The summed E-state index contributed by atoms with van der Waals surface area (Å²) in [5, 5.41) is 7.94. The molecule has 1 aliphatic carbocycles. The van der Waals surface area contributed by atoms with Crippen LogP contribution in [0.25, 0.3) is 0 Å². The average Bonchev–Trinajstić information content (AvgIpc) is 2.27. The van der Waals surface area contributed by atoms with E-state index < -0.39 is 5.97 Å². The average molecular weight is 206 g/mol. The van der Waals surface area contributed by atoms with Gasteiger partial charge in [0, 0.05) is 0 Å². The van der Waals surface area contributed by atoms with E-state index in [-0.39, 0.29) is 0 Å². The van der Waals surface area contributed by atoms with E-state index >= 15 is 0 Å². The number of ether oxygens (including phenoxy) is 1. The molecule has 0 spiro atoms. The van der Waals surface area contributed by atoms with Gasteiger partial charge in [-0.3, -0.25) is 0 Å². The van der Waals surface area contributed by atoms with Crippen LogP contribution >= 0.6 is 0 Å². The lowest BCUT2D eigenvalue weighted by atomic mass is 9.88. The fraction of sp³-hybridized carbons (Fsp3) is 0.545. The zero-order valence-corrected chi connectivity index (χ0v) is 8.99. The Hall–Kier alpha value is -1.45. The molecule has 0 radical (unpaired) electrons. The number of esters is 1. The summed E-state index contributed by atoms with van der Waals surface area (Å²) in [6.07, 6.45) is 3.10. The second-order valence-electron chi connectivity index (χ2n) is 4.04. The molecule has 2 rings (SSSR count). The predicted octanol–water partition coefficient (Wildman–Crippen LogP) is 1.39. The molecule has 0 aromatic carbocycles. The molecule has 0 aliphatic heterocycles. The Kier molecular flexibility index (Phi) is 2.66. The van der Waals surface area contributed by atoms with E-state index in [1.165, 1.54) is 7.11 Å². The number of rotatable bonds is 1. The molecule has 0 amide bonds. The number of fused-ring (bicyclic) bond motifs is 1. The van der Waals surface area contributed by atoms with Crippen LogP contribution in [0.2, 0.25) is 0 Å². The van der Waals surface area contributed by atoms with Crippen LogP contribution in [0.5, 0.6) is 0 Å². The molecule has 0 bridgehead atoms. The minimum atomic E-state index is -0.413. The zero-order chi connectivity index (χ0) is 10.8. The highest BCUT2D eigenvalue weighted by atomic mass is 16.5. The smallest absolute Gasteiger partial charge is 0.358 e. The van der Waals surface area contributed by atoms with Gasteiger partial charge in [0.2, 0.25) is 0 Å². The number of carbonyl (C=O) groups excluding carboxylic acids is 1. The number of hydrogen-bond acceptors (Lipinski definition) is 4. The van der Waals surface area contributed by atoms with E-state index in [2.05, 4.69) is 21.9 Å². The first-order valence-corrected chi connectivity index (χ1v) is 5.14. The molecule has 1 atom stereocenters. The van der Waals surface area contributed by atoms with Crippen molar-refractivity contribution in [1.29, 1.82) is 0 Å². The third-order valence-corrected chi connectivity index (χ3v) is 2.80. The number of nitrogens with zero attached hydrogens (tertiary/aromatic N) is 2. The number of carbonyl (C=O) groups is 1. The Morgan fingerprint density at radius 3 is 3.07 bits per heavy atom. The maximum Gasteiger partial charge on any atom is 0.358 e. The minimum Gasteiger partial charge on any atom is -0.464 e. The molecule has 1 aromatic heterocycles. The van der Waals surface area contributed by atoms with Crippen molar-refractivity contribution in [3.63, 3.8) is 0 Å². The molecule has 80 valence electrons. The van der Waals surface area contributed by atoms with Crippen LogP contribution in [0, 0.1) is 5.92 Å². The first-order chi connectivity index (χ1) is 7.20. The monoisotopic (exact) mass is 206 g/mol. The van der Waals surface area contributed by atoms with Crippen LogP contribution < -0.4 is 0 Å². The van der Waals surface area contributed by atoms with E-state index in [9.17, 15) is 4.79 Å². The van der Waals surface area contributed by atoms with Gasteiger partial charge in [-0.05, 0) is 36.8 Å². The SMILES string of the molecule is COC(=O)c1cc2c(nn1)CCC(C)C2. The van der Waals surface area contributed by atoms with Crippen molar-refractivity contribution in [3.8, 4) is 0 Å². The van der Waals surface area contributed by atoms with Crippen LogP contribution in [0.4, 0.5) is 0 Å². The first-order valence-electron chi connectivity index (χ1n) is 5.14. The fourth-order valence-corrected chi connectivity index (χ4v) is 1.91. The van der Waals surface area contributed by atoms with Crippen LogP contribution in [-0.4, -0.2) is 23.3 Å². The van der Waals surface area contributed by atoms with Gasteiger partial charge in [-0.15, -0.1) is 5.10 Å². The van der Waals surface area contributed by atoms with E-state index in [1.54, 1.807) is 0 Å². The number of aromatic nitrogens is 2. The maximum atomic E-state index is 11.3. The second-order valence-corrected chi connectivity index (χ2v) is 4.04. The first kappa shape index (κ1) is 10.1. The summed E-state index contributed by atoms with van der Waals surface area (Å²) >= 11 is 0. The van der Waals surface area contributed by atoms with Gasteiger partial charge >= 0.3 is 5.97 Å². The second kappa shape index (κ2) is 3.96. The molecule has 1 unspecified atom stereocenters. The van der Waals surface area contributed by atoms with Crippen LogP contribution in [0.15, 0.2) is 6.07 Å². The molecular formula is C11H14N2O2. The summed E-state index contributed by atoms with van der Waals surface area (Å²) in [5.41, 5.74) is 2.48. The fourth-order valence-electron chi connectivity index (χ4n) is 1.91. The molecule has 0 fully saturated rings. The van der Waals surface area contributed by atoms with E-state index in [1.807, 2.05) is 6.07 Å². The molecule has 4 nitrogen and oxygen atoms in total. The summed E-state index contributed by atoms with van der Waals surface area (Å²) in [7, 11) is 1.35. The standard InChI is InChI=1S/C11H14N2O2/c1-7-3-4-9-8(5-7)6-10(13-12-9)11(14)15-2/h6-7H,3-5H2,1-2H3. The molecule has 1 aliphatic rings. The van der Waals surface area contributed by atoms with Gasteiger partial charge in [-0.2, -0.15) is 5.10 Å². The third-order valence-electron chi connectivity index (χ3n) is 2.80. The number of hydrogen-bond donors (Lipinski definition) is 0. The van der Waals surface area contributed by atoms with Crippen molar-refractivity contribution in [1.82, 2.24) is 10.2 Å². The lowest BCUT2D eigenvalue weighted by Crippen LogP contribution is -2.16. The lowest BCUT2D eigenvalue weighted by Gasteiger charge is -2.19.